The molecular weight excluding hydrogens is 400 g/mol. The number of esters is 1. The molecule has 0 saturated heterocycles. The number of aryl methyl sites for hydroxylation is 1. The van der Waals surface area contributed by atoms with Gasteiger partial charge >= 0.3 is 5.97 Å². The minimum Gasteiger partial charge on any atom is -0.489 e. The molecule has 0 N–H and O–H groups in total. The highest BCUT2D eigenvalue weighted by atomic mass is 35.5. The van der Waals surface area contributed by atoms with Gasteiger partial charge < -0.3 is 18.6 Å². The first-order valence-corrected chi connectivity index (χ1v) is 9.61. The second-order valence-corrected chi connectivity index (χ2v) is 6.97. The largest absolute Gasteiger partial charge is 0.489 e. The lowest BCUT2D eigenvalue weighted by Gasteiger charge is -2.12. The van der Waals surface area contributed by atoms with Crippen molar-refractivity contribution in [3.8, 4) is 11.5 Å². The summed E-state index contributed by atoms with van der Waals surface area (Å²) in [5, 5.41) is 0.511. The van der Waals surface area contributed by atoms with E-state index < -0.39 is 11.5 Å². The molecule has 3 heterocycles. The maximum Gasteiger partial charge on any atom is 0.342 e. The highest BCUT2D eigenvalue weighted by Crippen LogP contribution is 2.38. The molecule has 8 nitrogen and oxygen atoms in total. The molecule has 4 rings (SSSR count). The molecule has 0 fully saturated rings. The lowest BCUT2D eigenvalue weighted by atomic mass is 10.1. The van der Waals surface area contributed by atoms with Crippen LogP contribution >= 0.6 is 11.6 Å². The minimum atomic E-state index is -0.612. The van der Waals surface area contributed by atoms with Gasteiger partial charge in [0.05, 0.1) is 31.4 Å². The molecule has 29 heavy (non-hydrogen) atoms. The molecular formula is C20H19ClN2O6. The zero-order valence-corrected chi connectivity index (χ0v) is 16.7. The molecule has 0 bridgehead atoms. The van der Waals surface area contributed by atoms with E-state index in [9.17, 15) is 9.59 Å². The van der Waals surface area contributed by atoms with Crippen LogP contribution in [0.4, 0.5) is 0 Å². The van der Waals surface area contributed by atoms with Crippen molar-refractivity contribution in [2.75, 3.05) is 19.8 Å². The first-order chi connectivity index (χ1) is 14.0. The highest BCUT2D eigenvalue weighted by Gasteiger charge is 2.24. The van der Waals surface area contributed by atoms with E-state index in [-0.39, 0.29) is 29.8 Å². The average molecular weight is 419 g/mol. The molecule has 0 atom stereocenters. The lowest BCUT2D eigenvalue weighted by molar-refractivity contribution is 0.0526. The topological polar surface area (TPSA) is 92.8 Å². The standard InChI is InChI=1S/C20H19ClN2O6/c1-3-26-20(25)15-11(2)29-18-16(15)19(24)23(10-22-18)9-12-7-13(21)17-14(8-12)27-5-4-6-28-17/h7-8,10H,3-6,9H2,1-2H3. The summed E-state index contributed by atoms with van der Waals surface area (Å²) in [7, 11) is 0. The van der Waals surface area contributed by atoms with Gasteiger partial charge in [-0.05, 0) is 31.5 Å². The van der Waals surface area contributed by atoms with Crippen molar-refractivity contribution in [3.63, 3.8) is 0 Å². The van der Waals surface area contributed by atoms with E-state index in [0.717, 1.165) is 12.0 Å². The summed E-state index contributed by atoms with van der Waals surface area (Å²) in [5.41, 5.74) is 0.535. The van der Waals surface area contributed by atoms with E-state index in [1.165, 1.54) is 10.9 Å². The molecule has 1 aromatic carbocycles. The molecule has 1 aliphatic heterocycles. The van der Waals surface area contributed by atoms with Crippen LogP contribution in [0.25, 0.3) is 11.1 Å². The van der Waals surface area contributed by atoms with E-state index in [2.05, 4.69) is 4.98 Å². The van der Waals surface area contributed by atoms with Crippen molar-refractivity contribution in [3.05, 3.63) is 50.7 Å². The van der Waals surface area contributed by atoms with E-state index >= 15 is 0 Å². The number of benzene rings is 1. The molecule has 152 valence electrons. The molecule has 2 aromatic heterocycles. The molecule has 3 aromatic rings. The third kappa shape index (κ3) is 3.55. The fourth-order valence-corrected chi connectivity index (χ4v) is 3.56. The number of aromatic nitrogens is 2. The van der Waals surface area contributed by atoms with E-state index in [1.54, 1.807) is 26.0 Å². The monoisotopic (exact) mass is 418 g/mol. The Bertz CT molecular complexity index is 1150. The number of fused-ring (bicyclic) bond motifs is 2. The van der Waals surface area contributed by atoms with E-state index in [1.807, 2.05) is 0 Å². The van der Waals surface area contributed by atoms with Crippen LogP contribution in [0.3, 0.4) is 0 Å². The number of carbonyl (C=O) groups is 1. The Morgan fingerprint density at radius 1 is 1.31 bits per heavy atom. The summed E-state index contributed by atoms with van der Waals surface area (Å²) in [4.78, 5) is 29.6. The van der Waals surface area contributed by atoms with Crippen molar-refractivity contribution < 1.29 is 23.4 Å². The minimum absolute atomic E-state index is 0.100. The average Bonchev–Trinajstić information content (AvgIpc) is 2.85. The van der Waals surface area contributed by atoms with Gasteiger partial charge in [0.15, 0.2) is 11.5 Å². The van der Waals surface area contributed by atoms with Crippen LogP contribution in [0.2, 0.25) is 5.02 Å². The molecule has 0 amide bonds. The first-order valence-electron chi connectivity index (χ1n) is 9.23. The normalized spacial score (nSPS) is 13.3. The second kappa shape index (κ2) is 7.79. The number of hydrogen-bond acceptors (Lipinski definition) is 7. The zero-order valence-electron chi connectivity index (χ0n) is 16.0. The Hall–Kier alpha value is -3.00. The van der Waals surface area contributed by atoms with E-state index in [4.69, 9.17) is 30.2 Å². The smallest absolute Gasteiger partial charge is 0.342 e. The quantitative estimate of drug-likeness (QED) is 0.600. The fourth-order valence-electron chi connectivity index (χ4n) is 3.27. The Labute approximate surface area is 170 Å². The highest BCUT2D eigenvalue weighted by molar-refractivity contribution is 6.32. The SMILES string of the molecule is CCOC(=O)c1c(C)oc2ncn(Cc3cc(Cl)c4c(c3)OCCCO4)c(=O)c12. The maximum absolute atomic E-state index is 13.1. The van der Waals surface area contributed by atoms with Gasteiger partial charge in [-0.1, -0.05) is 11.6 Å². The lowest BCUT2D eigenvalue weighted by Crippen LogP contribution is -2.22. The summed E-state index contributed by atoms with van der Waals surface area (Å²) in [6.07, 6.45) is 2.14. The predicted molar refractivity (Wildman–Crippen MR) is 105 cm³/mol. The fraction of sp³-hybridized carbons (Fsp3) is 0.350. The summed E-state index contributed by atoms with van der Waals surface area (Å²) in [5.74, 6) is 0.723. The summed E-state index contributed by atoms with van der Waals surface area (Å²) >= 11 is 6.34. The molecule has 0 spiro atoms. The predicted octanol–water partition coefficient (Wildman–Crippen LogP) is 3.34. The van der Waals surface area contributed by atoms with E-state index in [0.29, 0.717) is 35.5 Å². The Balaban J connectivity index is 1.76. The van der Waals surface area contributed by atoms with Crippen LogP contribution in [-0.2, 0) is 11.3 Å². The number of furan rings is 1. The van der Waals surface area contributed by atoms with Crippen LogP contribution in [-0.4, -0.2) is 35.3 Å². The molecule has 0 radical (unpaired) electrons. The van der Waals surface area contributed by atoms with Crippen LogP contribution in [0.15, 0.2) is 27.7 Å². The molecule has 9 heteroatoms. The van der Waals surface area contributed by atoms with Crippen molar-refractivity contribution >= 4 is 28.7 Å². The molecule has 1 aliphatic rings. The molecule has 0 unspecified atom stereocenters. The van der Waals surface area contributed by atoms with Crippen molar-refractivity contribution in [1.29, 1.82) is 0 Å². The van der Waals surface area contributed by atoms with Gasteiger partial charge in [0, 0.05) is 6.42 Å². The number of hydrogen-bond donors (Lipinski definition) is 0. The van der Waals surface area contributed by atoms with Crippen molar-refractivity contribution in [1.82, 2.24) is 9.55 Å². The van der Waals surface area contributed by atoms with Crippen LogP contribution in [0.1, 0.15) is 35.0 Å². The summed E-state index contributed by atoms with van der Waals surface area (Å²) in [6.45, 7) is 4.72. The summed E-state index contributed by atoms with van der Waals surface area (Å²) in [6, 6.07) is 3.51. The van der Waals surface area contributed by atoms with Gasteiger partial charge in [-0.15, -0.1) is 0 Å². The van der Waals surface area contributed by atoms with Gasteiger partial charge in [0.25, 0.3) is 5.56 Å². The molecule has 0 aliphatic carbocycles. The number of rotatable bonds is 4. The number of carbonyl (C=O) groups excluding carboxylic acids is 1. The van der Waals surface area contributed by atoms with Crippen LogP contribution in [0.5, 0.6) is 11.5 Å². The Morgan fingerprint density at radius 2 is 2.10 bits per heavy atom. The Morgan fingerprint density at radius 3 is 2.90 bits per heavy atom. The third-order valence-electron chi connectivity index (χ3n) is 4.55. The van der Waals surface area contributed by atoms with Crippen molar-refractivity contribution in [2.45, 2.75) is 26.8 Å². The van der Waals surface area contributed by atoms with Gasteiger partial charge in [-0.3, -0.25) is 9.36 Å². The van der Waals surface area contributed by atoms with Gasteiger partial charge in [0.1, 0.15) is 23.0 Å². The maximum atomic E-state index is 13.1. The number of nitrogens with zero attached hydrogens (tertiary/aromatic N) is 2. The molecule has 0 saturated carbocycles. The van der Waals surface area contributed by atoms with Gasteiger partial charge in [-0.25, -0.2) is 9.78 Å². The van der Waals surface area contributed by atoms with Gasteiger partial charge in [-0.2, -0.15) is 0 Å². The van der Waals surface area contributed by atoms with Gasteiger partial charge in [0.2, 0.25) is 5.71 Å². The zero-order chi connectivity index (χ0) is 20.5. The number of ether oxygens (including phenoxy) is 3. The summed E-state index contributed by atoms with van der Waals surface area (Å²) < 4.78 is 23.2. The first kappa shape index (κ1) is 19.3. The number of halogens is 1. The second-order valence-electron chi connectivity index (χ2n) is 6.57. The Kier molecular flexibility index (Phi) is 5.19. The third-order valence-corrected chi connectivity index (χ3v) is 4.83. The van der Waals surface area contributed by atoms with Crippen molar-refractivity contribution in [2.24, 2.45) is 0 Å². The van der Waals surface area contributed by atoms with Crippen LogP contribution in [0, 0.1) is 6.92 Å². The van der Waals surface area contributed by atoms with Crippen LogP contribution < -0.4 is 15.0 Å².